The lowest BCUT2D eigenvalue weighted by atomic mass is 10.0. The highest BCUT2D eigenvalue weighted by Gasteiger charge is 2.33. The Labute approximate surface area is 190 Å². The van der Waals surface area contributed by atoms with Gasteiger partial charge in [0.25, 0.3) is 0 Å². The molecule has 0 aliphatic carbocycles. The van der Waals surface area contributed by atoms with Crippen LogP contribution in [0.4, 0.5) is 5.69 Å². The van der Waals surface area contributed by atoms with E-state index in [4.69, 9.17) is 4.74 Å². The Bertz CT molecular complexity index is 1240. The van der Waals surface area contributed by atoms with Crippen LogP contribution >= 0.6 is 11.8 Å². The zero-order valence-corrected chi connectivity index (χ0v) is 18.3. The number of fused-ring (bicyclic) bond motifs is 1. The lowest BCUT2D eigenvalue weighted by Crippen LogP contribution is -2.42. The zero-order valence-electron chi connectivity index (χ0n) is 17.5. The summed E-state index contributed by atoms with van der Waals surface area (Å²) in [5, 5.41) is 12.6. The van der Waals surface area contributed by atoms with Crippen LogP contribution < -0.4 is 9.64 Å². The Kier molecular flexibility index (Phi) is 5.60. The molecule has 160 valence electrons. The van der Waals surface area contributed by atoms with Gasteiger partial charge < -0.3 is 4.74 Å². The summed E-state index contributed by atoms with van der Waals surface area (Å²) in [4.78, 5) is 15.3. The molecule has 1 aliphatic heterocycles. The molecule has 7 nitrogen and oxygen atoms in total. The summed E-state index contributed by atoms with van der Waals surface area (Å²) in [7, 11) is 0. The Balaban J connectivity index is 1.41. The number of aryl methyl sites for hydroxylation is 1. The van der Waals surface area contributed by atoms with Crippen LogP contribution in [0.25, 0.3) is 5.69 Å². The van der Waals surface area contributed by atoms with Gasteiger partial charge in [0.2, 0.25) is 11.1 Å². The molecule has 4 aromatic rings. The summed E-state index contributed by atoms with van der Waals surface area (Å²) in [6.45, 7) is 2.42. The minimum absolute atomic E-state index is 0.0293. The molecule has 8 heteroatoms. The predicted molar refractivity (Wildman–Crippen MR) is 123 cm³/mol. The molecule has 0 N–H and O–H groups in total. The normalized spacial score (nSPS) is 15.2. The van der Waals surface area contributed by atoms with Crippen molar-refractivity contribution in [2.75, 3.05) is 17.3 Å². The molecule has 1 atom stereocenters. The van der Waals surface area contributed by atoms with Crippen LogP contribution in [-0.2, 0) is 4.79 Å². The Morgan fingerprint density at radius 2 is 1.88 bits per heavy atom. The van der Waals surface area contributed by atoms with Crippen molar-refractivity contribution in [2.45, 2.75) is 18.1 Å². The van der Waals surface area contributed by atoms with Gasteiger partial charge in [-0.15, -0.1) is 5.10 Å². The lowest BCUT2D eigenvalue weighted by Gasteiger charge is -2.37. The quantitative estimate of drug-likeness (QED) is 0.430. The van der Waals surface area contributed by atoms with E-state index in [0.717, 1.165) is 22.5 Å². The predicted octanol–water partition coefficient (Wildman–Crippen LogP) is 4.23. The standard InChI is InChI=1S/C24H21N5O2S/c1-17-8-7-11-19(14-17)29-24(25-26-27-29)32-16-23(30)28-20-12-5-6-13-22(20)31-15-21(28)18-9-3-2-4-10-18/h2-14,21H,15-16H2,1H3. The molecule has 1 amide bonds. The van der Waals surface area contributed by atoms with Gasteiger partial charge in [-0.3, -0.25) is 9.69 Å². The monoisotopic (exact) mass is 443 g/mol. The van der Waals surface area contributed by atoms with Crippen LogP contribution in [0, 0.1) is 6.92 Å². The summed E-state index contributed by atoms with van der Waals surface area (Å²) in [5.41, 5.74) is 3.78. The van der Waals surface area contributed by atoms with Crippen molar-refractivity contribution >= 4 is 23.4 Å². The Morgan fingerprint density at radius 1 is 1.06 bits per heavy atom. The minimum Gasteiger partial charge on any atom is -0.489 e. The number of aromatic nitrogens is 4. The number of nitrogens with zero attached hydrogens (tertiary/aromatic N) is 5. The number of carbonyl (C=O) groups is 1. The molecule has 1 aromatic heterocycles. The molecule has 1 unspecified atom stereocenters. The van der Waals surface area contributed by atoms with E-state index in [0.29, 0.717) is 17.5 Å². The maximum absolute atomic E-state index is 13.5. The fourth-order valence-corrected chi connectivity index (χ4v) is 4.55. The van der Waals surface area contributed by atoms with Crippen LogP contribution in [0.15, 0.2) is 84.0 Å². The molecular weight excluding hydrogens is 422 g/mol. The largest absolute Gasteiger partial charge is 0.489 e. The molecule has 5 rings (SSSR count). The number of para-hydroxylation sites is 2. The van der Waals surface area contributed by atoms with Gasteiger partial charge in [-0.25, -0.2) is 0 Å². The highest BCUT2D eigenvalue weighted by molar-refractivity contribution is 7.99. The smallest absolute Gasteiger partial charge is 0.238 e. The molecule has 0 saturated heterocycles. The van der Waals surface area contributed by atoms with E-state index in [-0.39, 0.29) is 17.7 Å². The number of hydrogen-bond acceptors (Lipinski definition) is 6. The first-order chi connectivity index (χ1) is 15.7. The fourth-order valence-electron chi connectivity index (χ4n) is 3.80. The second-order valence-electron chi connectivity index (χ2n) is 7.47. The molecule has 0 bridgehead atoms. The maximum Gasteiger partial charge on any atom is 0.238 e. The number of tetrazole rings is 1. The molecule has 1 aliphatic rings. The number of ether oxygens (including phenoxy) is 1. The average Bonchev–Trinajstić information content (AvgIpc) is 3.31. The summed E-state index contributed by atoms with van der Waals surface area (Å²) in [5.74, 6) is 0.880. The molecule has 0 spiro atoms. The van der Waals surface area contributed by atoms with Crippen molar-refractivity contribution in [2.24, 2.45) is 0 Å². The van der Waals surface area contributed by atoms with Crippen LogP contribution in [0.5, 0.6) is 5.75 Å². The molecule has 2 heterocycles. The molecule has 0 saturated carbocycles. The van der Waals surface area contributed by atoms with Gasteiger partial charge in [0.1, 0.15) is 12.4 Å². The number of carbonyl (C=O) groups excluding carboxylic acids is 1. The Morgan fingerprint density at radius 3 is 2.72 bits per heavy atom. The van der Waals surface area contributed by atoms with E-state index in [1.54, 1.807) is 4.68 Å². The Hall–Kier alpha value is -3.65. The number of amides is 1. The van der Waals surface area contributed by atoms with E-state index in [1.165, 1.54) is 11.8 Å². The van der Waals surface area contributed by atoms with Crippen molar-refractivity contribution in [3.05, 3.63) is 90.0 Å². The summed E-state index contributed by atoms with van der Waals surface area (Å²) >= 11 is 1.32. The van der Waals surface area contributed by atoms with Gasteiger partial charge in [0, 0.05) is 0 Å². The van der Waals surface area contributed by atoms with E-state index in [2.05, 4.69) is 15.5 Å². The minimum atomic E-state index is -0.202. The van der Waals surface area contributed by atoms with E-state index in [1.807, 2.05) is 90.7 Å². The molecule has 0 fully saturated rings. The number of thioether (sulfide) groups is 1. The molecule has 32 heavy (non-hydrogen) atoms. The van der Waals surface area contributed by atoms with E-state index in [9.17, 15) is 4.79 Å². The number of anilines is 1. The van der Waals surface area contributed by atoms with Crippen LogP contribution in [0.2, 0.25) is 0 Å². The zero-order chi connectivity index (χ0) is 21.9. The third kappa shape index (κ3) is 3.97. The second-order valence-corrected chi connectivity index (χ2v) is 8.41. The average molecular weight is 444 g/mol. The van der Waals surface area contributed by atoms with Crippen molar-refractivity contribution in [3.8, 4) is 11.4 Å². The third-order valence-electron chi connectivity index (χ3n) is 5.30. The van der Waals surface area contributed by atoms with Crippen LogP contribution in [-0.4, -0.2) is 38.5 Å². The molecular formula is C24H21N5O2S. The second kappa shape index (κ2) is 8.84. The maximum atomic E-state index is 13.5. The SMILES string of the molecule is Cc1cccc(-n2nnnc2SCC(=O)N2c3ccccc3OCC2c2ccccc2)c1. The first-order valence-electron chi connectivity index (χ1n) is 10.3. The van der Waals surface area contributed by atoms with Crippen molar-refractivity contribution in [1.82, 2.24) is 20.2 Å². The van der Waals surface area contributed by atoms with Crippen molar-refractivity contribution in [1.29, 1.82) is 0 Å². The number of hydrogen-bond donors (Lipinski definition) is 0. The van der Waals surface area contributed by atoms with E-state index >= 15 is 0 Å². The third-order valence-corrected chi connectivity index (χ3v) is 6.20. The first kappa shape index (κ1) is 20.3. The first-order valence-corrected chi connectivity index (χ1v) is 11.3. The lowest BCUT2D eigenvalue weighted by molar-refractivity contribution is -0.117. The molecule has 3 aromatic carbocycles. The van der Waals surface area contributed by atoms with Gasteiger partial charge in [0.05, 0.1) is 23.2 Å². The molecule has 0 radical (unpaired) electrons. The van der Waals surface area contributed by atoms with Crippen LogP contribution in [0.1, 0.15) is 17.2 Å². The summed E-state index contributed by atoms with van der Waals surface area (Å²) in [6, 6.07) is 25.3. The summed E-state index contributed by atoms with van der Waals surface area (Å²) in [6.07, 6.45) is 0. The van der Waals surface area contributed by atoms with Gasteiger partial charge in [-0.05, 0) is 52.7 Å². The topological polar surface area (TPSA) is 73.1 Å². The van der Waals surface area contributed by atoms with Gasteiger partial charge >= 0.3 is 0 Å². The van der Waals surface area contributed by atoms with Crippen molar-refractivity contribution < 1.29 is 9.53 Å². The number of benzene rings is 3. The highest BCUT2D eigenvalue weighted by atomic mass is 32.2. The fraction of sp³-hybridized carbons (Fsp3) is 0.167. The van der Waals surface area contributed by atoms with Crippen molar-refractivity contribution in [3.63, 3.8) is 0 Å². The van der Waals surface area contributed by atoms with E-state index < -0.39 is 0 Å². The summed E-state index contributed by atoms with van der Waals surface area (Å²) < 4.78 is 7.63. The van der Waals surface area contributed by atoms with Gasteiger partial charge in [0.15, 0.2) is 0 Å². The van der Waals surface area contributed by atoms with Gasteiger partial charge in [-0.2, -0.15) is 4.68 Å². The van der Waals surface area contributed by atoms with Gasteiger partial charge in [-0.1, -0.05) is 66.4 Å². The van der Waals surface area contributed by atoms with Crippen LogP contribution in [0.3, 0.4) is 0 Å². The number of rotatable bonds is 5. The highest BCUT2D eigenvalue weighted by Crippen LogP contribution is 2.39.